The maximum absolute atomic E-state index is 15.2. The van der Waals surface area contributed by atoms with Gasteiger partial charge < -0.3 is 29.7 Å². The Kier molecular flexibility index (Phi) is 8.99. The summed E-state index contributed by atoms with van der Waals surface area (Å²) < 4.78 is 39.2. The largest absolute Gasteiger partial charge is 0.480 e. The Morgan fingerprint density at radius 1 is 0.949 bits per heavy atom. The molecule has 0 bridgehead atoms. The molecule has 3 N–H and O–H groups in total. The molecule has 5 aliphatic rings. The van der Waals surface area contributed by atoms with Crippen LogP contribution in [0.2, 0.25) is 5.02 Å². The quantitative estimate of drug-likeness (QED) is 0.167. The molecule has 5 aromatic rings. The number of alkyl halides is 2. The minimum atomic E-state index is -3.14. The van der Waals surface area contributed by atoms with E-state index >= 15 is 8.78 Å². The zero-order valence-corrected chi connectivity index (χ0v) is 33.6. The number of ether oxygens (including phenoxy) is 1. The number of anilines is 5. The van der Waals surface area contributed by atoms with Crippen LogP contribution < -0.4 is 36.0 Å². The zero-order chi connectivity index (χ0) is 40.8. The van der Waals surface area contributed by atoms with E-state index in [0.717, 1.165) is 68.5 Å². The SMILES string of the molecule is Cn1nc(C2CCC(=O)NC2=O)c2ccc(N3CCCC4(CCCN(c5ncc(Cl)c(Nc6ccc7c(c6)c6c(c(=O)n7C)OCC(F)(F)C(C7CC7)N6)n5)C4)C3)cc21. The summed E-state index contributed by atoms with van der Waals surface area (Å²) >= 11 is 6.71. The fourth-order valence-corrected chi connectivity index (χ4v) is 9.98. The number of nitrogens with one attached hydrogen (secondary N) is 3. The summed E-state index contributed by atoms with van der Waals surface area (Å²) in [4.78, 5) is 52.1. The summed E-state index contributed by atoms with van der Waals surface area (Å²) in [5.41, 5.74) is 3.73. The number of aromatic nitrogens is 5. The number of hydrogen-bond acceptors (Lipinski definition) is 11. The van der Waals surface area contributed by atoms with Crippen molar-refractivity contribution in [3.05, 3.63) is 63.7 Å². The van der Waals surface area contributed by atoms with Crippen LogP contribution in [0.3, 0.4) is 0 Å². The van der Waals surface area contributed by atoms with Crippen LogP contribution >= 0.6 is 11.6 Å². The smallest absolute Gasteiger partial charge is 0.301 e. The molecular weight excluding hydrogens is 782 g/mol. The van der Waals surface area contributed by atoms with E-state index in [1.165, 1.54) is 4.57 Å². The highest BCUT2D eigenvalue weighted by Gasteiger charge is 2.51. The molecule has 3 aromatic heterocycles. The third-order valence-corrected chi connectivity index (χ3v) is 13.3. The number of nitrogens with zero attached hydrogens (tertiary/aromatic N) is 7. The minimum absolute atomic E-state index is 0.00266. The predicted octanol–water partition coefficient (Wildman–Crippen LogP) is 6.24. The van der Waals surface area contributed by atoms with Gasteiger partial charge in [-0.05, 0) is 87.3 Å². The van der Waals surface area contributed by atoms with E-state index in [0.29, 0.717) is 64.8 Å². The number of piperidine rings is 3. The van der Waals surface area contributed by atoms with Crippen LogP contribution in [0.15, 0.2) is 47.4 Å². The van der Waals surface area contributed by atoms with Crippen molar-refractivity contribution in [2.75, 3.05) is 53.2 Å². The van der Waals surface area contributed by atoms with Crippen molar-refractivity contribution < 1.29 is 23.1 Å². The van der Waals surface area contributed by atoms with Crippen molar-refractivity contribution in [3.8, 4) is 5.75 Å². The molecule has 1 saturated carbocycles. The van der Waals surface area contributed by atoms with E-state index in [1.807, 2.05) is 17.8 Å². The van der Waals surface area contributed by atoms with Gasteiger partial charge in [0.25, 0.3) is 5.56 Å². The Hall–Kier alpha value is -5.51. The van der Waals surface area contributed by atoms with Crippen LogP contribution in [0.25, 0.3) is 21.8 Å². The molecule has 3 atom stereocenters. The highest BCUT2D eigenvalue weighted by atomic mass is 35.5. The first-order valence-corrected chi connectivity index (χ1v) is 20.8. The van der Waals surface area contributed by atoms with Crippen molar-refractivity contribution in [3.63, 3.8) is 0 Å². The van der Waals surface area contributed by atoms with Gasteiger partial charge in [0.05, 0.1) is 40.6 Å². The predicted molar refractivity (Wildman–Crippen MR) is 221 cm³/mol. The maximum Gasteiger partial charge on any atom is 0.301 e. The highest BCUT2D eigenvalue weighted by molar-refractivity contribution is 6.33. The second kappa shape index (κ2) is 14.1. The number of amides is 2. The van der Waals surface area contributed by atoms with Crippen molar-refractivity contribution in [1.29, 1.82) is 0 Å². The van der Waals surface area contributed by atoms with Crippen LogP contribution in [-0.4, -0.2) is 80.9 Å². The summed E-state index contributed by atoms with van der Waals surface area (Å²) in [5.74, 6) is -3.46. The molecule has 1 aliphatic carbocycles. The minimum Gasteiger partial charge on any atom is -0.480 e. The van der Waals surface area contributed by atoms with E-state index in [-0.39, 0.29) is 34.6 Å². The number of aryl methyl sites for hydroxylation is 2. The summed E-state index contributed by atoms with van der Waals surface area (Å²) in [6.45, 7) is 2.48. The molecular formula is C42H45ClF2N10O4. The van der Waals surface area contributed by atoms with Gasteiger partial charge in [-0.3, -0.25) is 24.4 Å². The number of hydrogen-bond donors (Lipinski definition) is 3. The topological polar surface area (TPSA) is 152 Å². The molecule has 59 heavy (non-hydrogen) atoms. The van der Waals surface area contributed by atoms with Gasteiger partial charge in [0, 0.05) is 74.3 Å². The summed E-state index contributed by atoms with van der Waals surface area (Å²) in [7, 11) is 3.50. The third kappa shape index (κ3) is 6.68. The molecule has 3 unspecified atom stereocenters. The molecule has 1 spiro atoms. The number of pyridine rings is 1. The molecule has 3 saturated heterocycles. The monoisotopic (exact) mass is 826 g/mol. The van der Waals surface area contributed by atoms with Crippen molar-refractivity contribution in [2.24, 2.45) is 25.4 Å². The first kappa shape index (κ1) is 37.7. The Morgan fingerprint density at radius 3 is 2.51 bits per heavy atom. The lowest BCUT2D eigenvalue weighted by atomic mass is 9.73. The Bertz CT molecular complexity index is 2610. The first-order chi connectivity index (χ1) is 28.4. The van der Waals surface area contributed by atoms with Gasteiger partial charge in [0.1, 0.15) is 5.02 Å². The summed E-state index contributed by atoms with van der Waals surface area (Å²) in [6, 6.07) is 10.6. The molecule has 14 nitrogen and oxygen atoms in total. The highest BCUT2D eigenvalue weighted by Crippen LogP contribution is 2.46. The number of halogens is 3. The average molecular weight is 827 g/mol. The van der Waals surface area contributed by atoms with Crippen molar-refractivity contribution in [1.82, 2.24) is 29.6 Å². The lowest BCUT2D eigenvalue weighted by Crippen LogP contribution is -2.53. The van der Waals surface area contributed by atoms with Gasteiger partial charge in [-0.1, -0.05) is 11.6 Å². The second-order valence-corrected chi connectivity index (χ2v) is 17.5. The van der Waals surface area contributed by atoms with Gasteiger partial charge in [-0.25, -0.2) is 13.8 Å². The van der Waals surface area contributed by atoms with E-state index < -0.39 is 30.0 Å². The van der Waals surface area contributed by atoms with E-state index in [1.54, 1.807) is 25.4 Å². The van der Waals surface area contributed by atoms with Crippen LogP contribution in [0.4, 0.5) is 37.6 Å². The van der Waals surface area contributed by atoms with Crippen LogP contribution in [-0.2, 0) is 23.7 Å². The lowest BCUT2D eigenvalue weighted by molar-refractivity contribution is -0.134. The van der Waals surface area contributed by atoms with Gasteiger partial charge in [0.15, 0.2) is 12.4 Å². The van der Waals surface area contributed by atoms with Crippen molar-refractivity contribution in [2.45, 2.75) is 69.2 Å². The zero-order valence-electron chi connectivity index (χ0n) is 32.9. The first-order valence-electron chi connectivity index (χ1n) is 20.4. The molecule has 2 amide bonds. The number of fused-ring (bicyclic) bond motifs is 4. The summed E-state index contributed by atoms with van der Waals surface area (Å²) in [5, 5.41) is 15.4. The van der Waals surface area contributed by atoms with Gasteiger partial charge in [-0.2, -0.15) is 10.1 Å². The maximum atomic E-state index is 15.2. The molecule has 4 fully saturated rings. The number of rotatable bonds is 6. The standard InChI is InChI=1S/C42H45ClF2N10O4/c1-52-30-11-7-24(17-28(30)34-35(39(52)58)59-22-42(44,45)36(49-34)23-5-6-23)47-37-29(43)19-46-40(50-37)55-16-4-14-41(21-55)13-3-15-54(20-41)25-8-9-26-31(18-25)53(2)51-33(26)27-10-12-32(56)48-38(27)57/h7-9,11,17-19,23,27,36,49H,3-6,10,12-16,20-22H2,1-2H3,(H,46,47,50)(H,48,56,57). The van der Waals surface area contributed by atoms with E-state index in [2.05, 4.69) is 48.9 Å². The fourth-order valence-electron chi connectivity index (χ4n) is 9.84. The molecule has 17 heteroatoms. The Balaban J connectivity index is 0.891. The second-order valence-electron chi connectivity index (χ2n) is 17.1. The molecule has 2 aromatic carbocycles. The van der Waals surface area contributed by atoms with Gasteiger partial charge in [-0.15, -0.1) is 0 Å². The van der Waals surface area contributed by atoms with Gasteiger partial charge in [0.2, 0.25) is 23.5 Å². The Labute approximate surface area is 343 Å². The number of imide groups is 1. The molecule has 4 aliphatic heterocycles. The van der Waals surface area contributed by atoms with E-state index in [4.69, 9.17) is 26.4 Å². The van der Waals surface area contributed by atoms with Crippen LogP contribution in [0.1, 0.15) is 63.0 Å². The Morgan fingerprint density at radius 2 is 1.73 bits per heavy atom. The average Bonchev–Trinajstić information content (AvgIpc) is 4.02. The number of benzene rings is 2. The molecule has 10 rings (SSSR count). The third-order valence-electron chi connectivity index (χ3n) is 13.0. The summed E-state index contributed by atoms with van der Waals surface area (Å²) in [6.07, 6.45) is 7.89. The molecule has 7 heterocycles. The number of carbonyl (C=O) groups is 2. The van der Waals surface area contributed by atoms with Crippen LogP contribution in [0.5, 0.6) is 5.75 Å². The van der Waals surface area contributed by atoms with E-state index in [9.17, 15) is 14.4 Å². The fraction of sp³-hybridized carbons (Fsp3) is 0.476. The molecule has 308 valence electrons. The normalized spacial score (nSPS) is 24.4. The van der Waals surface area contributed by atoms with Gasteiger partial charge >= 0.3 is 5.92 Å². The number of carbonyl (C=O) groups excluding carboxylic acids is 2. The van der Waals surface area contributed by atoms with Crippen LogP contribution in [0, 0.1) is 11.3 Å². The molecule has 0 radical (unpaired) electrons. The lowest BCUT2D eigenvalue weighted by Gasteiger charge is -2.49. The van der Waals surface area contributed by atoms with Crippen molar-refractivity contribution >= 4 is 74.0 Å².